The van der Waals surface area contributed by atoms with Gasteiger partial charge in [-0.3, -0.25) is 0 Å². The lowest BCUT2D eigenvalue weighted by molar-refractivity contribution is 0.338. The van der Waals surface area contributed by atoms with Gasteiger partial charge < -0.3 is 10.1 Å². The summed E-state index contributed by atoms with van der Waals surface area (Å²) >= 11 is 5.32. The topological polar surface area (TPSA) is 21.3 Å². The van der Waals surface area contributed by atoms with E-state index >= 15 is 0 Å². The van der Waals surface area contributed by atoms with Crippen molar-refractivity contribution in [2.24, 2.45) is 0 Å². The maximum absolute atomic E-state index is 5.53. The Balaban J connectivity index is 2.30. The minimum absolute atomic E-state index is 0.233. The fraction of sp³-hybridized carbons (Fsp3) is 0.286. The van der Waals surface area contributed by atoms with Gasteiger partial charge in [-0.25, -0.2) is 0 Å². The maximum atomic E-state index is 5.53. The van der Waals surface area contributed by atoms with Crippen LogP contribution in [0.15, 0.2) is 40.2 Å². The standard InChI is InChI=1S/C14H16BrNOS/c1-3-17-12-7-6-10(9-11(12)15)14(16-2)13-5-4-8-18-13/h4-9,14,16H,3H2,1-2H3. The smallest absolute Gasteiger partial charge is 0.133 e. The minimum Gasteiger partial charge on any atom is -0.493 e. The van der Waals surface area contributed by atoms with Crippen LogP contribution in [0.4, 0.5) is 0 Å². The van der Waals surface area contributed by atoms with Crippen molar-refractivity contribution < 1.29 is 4.74 Å². The van der Waals surface area contributed by atoms with Crippen LogP contribution in [-0.4, -0.2) is 13.7 Å². The first-order valence-corrected chi connectivity index (χ1v) is 7.56. The highest BCUT2D eigenvalue weighted by molar-refractivity contribution is 9.10. The van der Waals surface area contributed by atoms with Crippen molar-refractivity contribution in [1.29, 1.82) is 0 Å². The molecule has 96 valence electrons. The van der Waals surface area contributed by atoms with Gasteiger partial charge in [0.1, 0.15) is 5.75 Å². The van der Waals surface area contributed by atoms with E-state index in [9.17, 15) is 0 Å². The Hall–Kier alpha value is -0.840. The van der Waals surface area contributed by atoms with Crippen LogP contribution >= 0.6 is 27.3 Å². The molecule has 1 heterocycles. The summed E-state index contributed by atoms with van der Waals surface area (Å²) in [6.07, 6.45) is 0. The molecule has 18 heavy (non-hydrogen) atoms. The van der Waals surface area contributed by atoms with Crippen LogP contribution in [-0.2, 0) is 0 Å². The highest BCUT2D eigenvalue weighted by Crippen LogP contribution is 2.32. The van der Waals surface area contributed by atoms with Crippen LogP contribution in [0, 0.1) is 0 Å². The molecule has 0 aliphatic carbocycles. The molecule has 1 unspecified atom stereocenters. The van der Waals surface area contributed by atoms with Crippen molar-refractivity contribution >= 4 is 27.3 Å². The van der Waals surface area contributed by atoms with E-state index in [1.807, 2.05) is 20.0 Å². The number of hydrogen-bond acceptors (Lipinski definition) is 3. The minimum atomic E-state index is 0.233. The molecule has 2 nitrogen and oxygen atoms in total. The Morgan fingerprint density at radius 1 is 1.39 bits per heavy atom. The number of thiophene rings is 1. The first kappa shape index (κ1) is 13.6. The first-order valence-electron chi connectivity index (χ1n) is 5.89. The van der Waals surface area contributed by atoms with Gasteiger partial charge in [0.25, 0.3) is 0 Å². The fourth-order valence-corrected chi connectivity index (χ4v) is 3.27. The molecule has 0 saturated heterocycles. The summed E-state index contributed by atoms with van der Waals surface area (Å²) in [5.74, 6) is 0.891. The first-order chi connectivity index (χ1) is 8.76. The number of ether oxygens (including phenoxy) is 1. The van der Waals surface area contributed by atoms with E-state index in [2.05, 4.69) is 50.9 Å². The zero-order valence-corrected chi connectivity index (χ0v) is 12.8. The van der Waals surface area contributed by atoms with E-state index in [4.69, 9.17) is 4.74 Å². The Morgan fingerprint density at radius 2 is 2.22 bits per heavy atom. The number of halogens is 1. The number of rotatable bonds is 5. The summed E-state index contributed by atoms with van der Waals surface area (Å²) < 4.78 is 6.53. The van der Waals surface area contributed by atoms with E-state index in [0.29, 0.717) is 6.61 Å². The SMILES string of the molecule is CCOc1ccc(C(NC)c2cccs2)cc1Br. The van der Waals surface area contributed by atoms with Gasteiger partial charge in [0.15, 0.2) is 0 Å². The van der Waals surface area contributed by atoms with Crippen molar-refractivity contribution in [2.75, 3.05) is 13.7 Å². The van der Waals surface area contributed by atoms with Gasteiger partial charge in [0, 0.05) is 4.88 Å². The molecule has 1 aromatic carbocycles. The molecule has 1 aromatic heterocycles. The number of hydrogen-bond donors (Lipinski definition) is 1. The summed E-state index contributed by atoms with van der Waals surface area (Å²) in [5, 5.41) is 5.45. The molecule has 0 radical (unpaired) electrons. The molecule has 0 spiro atoms. The summed E-state index contributed by atoms with van der Waals surface area (Å²) in [4.78, 5) is 1.31. The zero-order valence-electron chi connectivity index (χ0n) is 10.4. The molecular formula is C14H16BrNOS. The van der Waals surface area contributed by atoms with E-state index in [0.717, 1.165) is 10.2 Å². The molecule has 0 aliphatic heterocycles. The van der Waals surface area contributed by atoms with Crippen LogP contribution in [0.5, 0.6) is 5.75 Å². The maximum Gasteiger partial charge on any atom is 0.133 e. The van der Waals surface area contributed by atoms with Crippen LogP contribution in [0.25, 0.3) is 0 Å². The fourth-order valence-electron chi connectivity index (χ4n) is 1.90. The molecule has 2 rings (SSSR count). The van der Waals surface area contributed by atoms with E-state index < -0.39 is 0 Å². The summed E-state index contributed by atoms with van der Waals surface area (Å²) in [6, 6.07) is 10.7. The Labute approximate surface area is 120 Å². The molecule has 0 amide bonds. The van der Waals surface area contributed by atoms with E-state index in [1.165, 1.54) is 10.4 Å². The van der Waals surface area contributed by atoms with Crippen molar-refractivity contribution in [1.82, 2.24) is 5.32 Å². The molecule has 1 N–H and O–H groups in total. The van der Waals surface area contributed by atoms with E-state index in [1.54, 1.807) is 11.3 Å². The molecular weight excluding hydrogens is 310 g/mol. The van der Waals surface area contributed by atoms with Crippen LogP contribution in [0.2, 0.25) is 0 Å². The largest absolute Gasteiger partial charge is 0.493 e. The van der Waals surface area contributed by atoms with Gasteiger partial charge in [-0.15, -0.1) is 11.3 Å². The number of benzene rings is 1. The lowest BCUT2D eigenvalue weighted by Crippen LogP contribution is -2.16. The van der Waals surface area contributed by atoms with Crippen molar-refractivity contribution in [3.63, 3.8) is 0 Å². The molecule has 2 aromatic rings. The molecule has 0 fully saturated rings. The van der Waals surface area contributed by atoms with Crippen LogP contribution in [0.3, 0.4) is 0 Å². The zero-order chi connectivity index (χ0) is 13.0. The summed E-state index contributed by atoms with van der Waals surface area (Å²) in [5.41, 5.74) is 1.23. The second kappa shape index (κ2) is 6.36. The molecule has 0 bridgehead atoms. The third-order valence-electron chi connectivity index (χ3n) is 2.71. The average Bonchev–Trinajstić information content (AvgIpc) is 2.87. The van der Waals surface area contributed by atoms with Crippen molar-refractivity contribution in [3.8, 4) is 5.75 Å². The summed E-state index contributed by atoms with van der Waals surface area (Å²) in [6.45, 7) is 2.67. The quantitative estimate of drug-likeness (QED) is 0.888. The van der Waals surface area contributed by atoms with Gasteiger partial charge in [0.05, 0.1) is 17.1 Å². The van der Waals surface area contributed by atoms with Gasteiger partial charge in [-0.2, -0.15) is 0 Å². The highest BCUT2D eigenvalue weighted by Gasteiger charge is 2.14. The van der Waals surface area contributed by atoms with Crippen LogP contribution in [0.1, 0.15) is 23.4 Å². The third-order valence-corrected chi connectivity index (χ3v) is 4.26. The molecule has 4 heteroatoms. The molecule has 0 saturated carbocycles. The monoisotopic (exact) mass is 325 g/mol. The second-order valence-corrected chi connectivity index (χ2v) is 5.69. The predicted octanol–water partition coefficient (Wildman–Crippen LogP) is 4.22. The number of nitrogens with one attached hydrogen (secondary N) is 1. The predicted molar refractivity (Wildman–Crippen MR) is 80.5 cm³/mol. The second-order valence-electron chi connectivity index (χ2n) is 3.86. The van der Waals surface area contributed by atoms with Gasteiger partial charge in [0.2, 0.25) is 0 Å². The average molecular weight is 326 g/mol. The Kier molecular flexibility index (Phi) is 4.80. The van der Waals surface area contributed by atoms with E-state index in [-0.39, 0.29) is 6.04 Å². The molecule has 0 aliphatic rings. The normalized spacial score (nSPS) is 12.4. The van der Waals surface area contributed by atoms with Gasteiger partial charge >= 0.3 is 0 Å². The van der Waals surface area contributed by atoms with Crippen molar-refractivity contribution in [3.05, 3.63) is 50.6 Å². The Morgan fingerprint density at radius 3 is 2.78 bits per heavy atom. The van der Waals surface area contributed by atoms with Gasteiger partial charge in [-0.1, -0.05) is 12.1 Å². The highest BCUT2D eigenvalue weighted by atomic mass is 79.9. The molecule has 1 atom stereocenters. The Bertz CT molecular complexity index is 499. The van der Waals surface area contributed by atoms with Crippen molar-refractivity contribution in [2.45, 2.75) is 13.0 Å². The lowest BCUT2D eigenvalue weighted by Gasteiger charge is -2.16. The summed E-state index contributed by atoms with van der Waals surface area (Å²) in [7, 11) is 1.98. The third kappa shape index (κ3) is 2.94. The van der Waals surface area contributed by atoms with Gasteiger partial charge in [-0.05, 0) is 59.0 Å². The lowest BCUT2D eigenvalue weighted by atomic mass is 10.1. The van der Waals surface area contributed by atoms with Crippen LogP contribution < -0.4 is 10.1 Å².